The van der Waals surface area contributed by atoms with Gasteiger partial charge < -0.3 is 0 Å². The van der Waals surface area contributed by atoms with Crippen molar-refractivity contribution in [2.75, 3.05) is 0 Å². The number of halogens is 4. The Morgan fingerprint density at radius 2 is 1.88 bits per heavy atom. The third-order valence-corrected chi connectivity index (χ3v) is 0.710. The van der Waals surface area contributed by atoms with Gasteiger partial charge in [-0.2, -0.15) is 4.39 Å². The molecule has 0 spiro atoms. The van der Waals surface area contributed by atoms with E-state index in [0.29, 0.717) is 0 Å². The summed E-state index contributed by atoms with van der Waals surface area (Å²) in [6, 6.07) is 0. The van der Waals surface area contributed by atoms with Crippen molar-refractivity contribution in [2.24, 2.45) is 0 Å². The van der Waals surface area contributed by atoms with Crippen molar-refractivity contribution < 1.29 is 13.2 Å². The Bertz CT molecular complexity index is 104. The van der Waals surface area contributed by atoms with Gasteiger partial charge in [-0.3, -0.25) is 0 Å². The Morgan fingerprint density at radius 3 is 1.88 bits per heavy atom. The largest absolute Gasteiger partial charge is 0.240 e. The van der Waals surface area contributed by atoms with E-state index < -0.39 is 17.3 Å². The van der Waals surface area contributed by atoms with E-state index in [9.17, 15) is 13.2 Å². The SMILES string of the molecule is CC(F)/C(F)=C(\F)Cl. The minimum atomic E-state index is -1.95. The zero-order chi connectivity index (χ0) is 6.73. The molecule has 1 atom stereocenters. The van der Waals surface area contributed by atoms with Crippen LogP contribution in [0.5, 0.6) is 0 Å². The molecule has 0 aromatic rings. The lowest BCUT2D eigenvalue weighted by atomic mass is 10.4. The van der Waals surface area contributed by atoms with Crippen LogP contribution in [0.2, 0.25) is 0 Å². The molecule has 0 aliphatic carbocycles. The molecule has 0 fully saturated rings. The Labute approximate surface area is 49.9 Å². The van der Waals surface area contributed by atoms with E-state index in [1.807, 2.05) is 0 Å². The van der Waals surface area contributed by atoms with Crippen molar-refractivity contribution >= 4 is 11.6 Å². The number of rotatable bonds is 1. The third kappa shape index (κ3) is 2.21. The first-order chi connectivity index (χ1) is 3.55. The first-order valence-electron chi connectivity index (χ1n) is 1.90. The van der Waals surface area contributed by atoms with Crippen LogP contribution >= 0.6 is 11.6 Å². The van der Waals surface area contributed by atoms with Crippen molar-refractivity contribution in [1.29, 1.82) is 0 Å². The highest BCUT2D eigenvalue weighted by Gasteiger charge is 2.10. The molecule has 0 saturated heterocycles. The second kappa shape index (κ2) is 2.97. The average molecular weight is 145 g/mol. The molecule has 0 amide bonds. The molecule has 0 aromatic heterocycles. The van der Waals surface area contributed by atoms with E-state index >= 15 is 0 Å². The molecule has 4 heteroatoms. The molecule has 48 valence electrons. The quantitative estimate of drug-likeness (QED) is 0.531. The van der Waals surface area contributed by atoms with Gasteiger partial charge in [-0.05, 0) is 18.5 Å². The van der Waals surface area contributed by atoms with Crippen molar-refractivity contribution in [3.8, 4) is 0 Å². The van der Waals surface area contributed by atoms with E-state index in [2.05, 4.69) is 11.6 Å². The predicted octanol–water partition coefficient (Wildman–Crippen LogP) is 2.69. The number of hydrogen-bond donors (Lipinski definition) is 0. The lowest BCUT2D eigenvalue weighted by Crippen LogP contribution is -1.92. The summed E-state index contributed by atoms with van der Waals surface area (Å²) in [6.07, 6.45) is -1.95. The fourth-order valence-corrected chi connectivity index (χ4v) is 0.301. The van der Waals surface area contributed by atoms with E-state index in [-0.39, 0.29) is 0 Å². The highest BCUT2D eigenvalue weighted by atomic mass is 35.5. The normalized spacial score (nSPS) is 17.6. The van der Waals surface area contributed by atoms with Crippen LogP contribution < -0.4 is 0 Å². The second-order valence-electron chi connectivity index (χ2n) is 1.22. The smallest absolute Gasteiger partial charge is 0.223 e. The van der Waals surface area contributed by atoms with Crippen LogP contribution in [0.4, 0.5) is 13.2 Å². The molecule has 0 aliphatic heterocycles. The van der Waals surface area contributed by atoms with E-state index in [1.165, 1.54) is 0 Å². The summed E-state index contributed by atoms with van der Waals surface area (Å²) >= 11 is 4.42. The van der Waals surface area contributed by atoms with Gasteiger partial charge in [0.1, 0.15) is 0 Å². The molecular weight excluding hydrogens is 140 g/mol. The molecule has 0 rings (SSSR count). The fourth-order valence-electron chi connectivity index (χ4n) is 0.150. The van der Waals surface area contributed by atoms with Gasteiger partial charge in [0.15, 0.2) is 12.0 Å². The third-order valence-electron chi connectivity index (χ3n) is 0.530. The lowest BCUT2D eigenvalue weighted by molar-refractivity contribution is 0.339. The molecule has 0 saturated carbocycles. The van der Waals surface area contributed by atoms with E-state index in [1.54, 1.807) is 0 Å². The maximum absolute atomic E-state index is 11.6. The summed E-state index contributed by atoms with van der Waals surface area (Å²) in [6.45, 7) is 0.858. The molecule has 0 aromatic carbocycles. The summed E-state index contributed by atoms with van der Waals surface area (Å²) < 4.78 is 34.6. The predicted molar refractivity (Wildman–Crippen MR) is 25.7 cm³/mol. The lowest BCUT2D eigenvalue weighted by Gasteiger charge is -1.92. The van der Waals surface area contributed by atoms with E-state index in [0.717, 1.165) is 6.92 Å². The topological polar surface area (TPSA) is 0 Å². The molecule has 0 bridgehead atoms. The van der Waals surface area contributed by atoms with Gasteiger partial charge in [0.05, 0.1) is 0 Å². The molecule has 0 heterocycles. The summed E-state index contributed by atoms with van der Waals surface area (Å²) in [4.78, 5) is 0. The second-order valence-corrected chi connectivity index (χ2v) is 1.56. The van der Waals surface area contributed by atoms with Gasteiger partial charge in [0.2, 0.25) is 5.29 Å². The molecule has 1 unspecified atom stereocenters. The first-order valence-corrected chi connectivity index (χ1v) is 2.28. The Balaban J connectivity index is 4.00. The first kappa shape index (κ1) is 7.82. The molecule has 0 aliphatic rings. The summed E-state index contributed by atoms with van der Waals surface area (Å²) in [5, 5.41) is -1.61. The molecule has 0 N–H and O–H groups in total. The van der Waals surface area contributed by atoms with Crippen LogP contribution in [-0.4, -0.2) is 6.17 Å². The van der Waals surface area contributed by atoms with Crippen LogP contribution in [0.15, 0.2) is 11.1 Å². The van der Waals surface area contributed by atoms with Gasteiger partial charge in [0.25, 0.3) is 0 Å². The Morgan fingerprint density at radius 1 is 1.50 bits per heavy atom. The minimum Gasteiger partial charge on any atom is -0.240 e. The molecule has 0 nitrogen and oxygen atoms in total. The van der Waals surface area contributed by atoms with Crippen LogP contribution in [0, 0.1) is 0 Å². The standard InChI is InChI=1S/C4H4ClF3/c1-2(6)3(7)4(5)8/h2H,1H3/b4-3+. The van der Waals surface area contributed by atoms with Crippen LogP contribution in [0.1, 0.15) is 6.92 Å². The number of alkyl halides is 1. The molecule has 8 heavy (non-hydrogen) atoms. The van der Waals surface area contributed by atoms with Crippen LogP contribution in [0.3, 0.4) is 0 Å². The van der Waals surface area contributed by atoms with Gasteiger partial charge >= 0.3 is 0 Å². The summed E-state index contributed by atoms with van der Waals surface area (Å²) in [7, 11) is 0. The van der Waals surface area contributed by atoms with Crippen LogP contribution in [0.25, 0.3) is 0 Å². The highest BCUT2D eigenvalue weighted by Crippen LogP contribution is 2.17. The van der Waals surface area contributed by atoms with E-state index in [4.69, 9.17) is 0 Å². The monoisotopic (exact) mass is 144 g/mol. The Hall–Kier alpha value is -0.180. The zero-order valence-electron chi connectivity index (χ0n) is 4.09. The van der Waals surface area contributed by atoms with Crippen molar-refractivity contribution in [3.63, 3.8) is 0 Å². The molecular formula is C4H4ClF3. The van der Waals surface area contributed by atoms with Crippen molar-refractivity contribution in [2.45, 2.75) is 13.1 Å². The van der Waals surface area contributed by atoms with Crippen molar-refractivity contribution in [1.82, 2.24) is 0 Å². The summed E-state index contributed by atoms with van der Waals surface area (Å²) in [5.41, 5.74) is 0. The number of hydrogen-bond acceptors (Lipinski definition) is 0. The Kier molecular flexibility index (Phi) is 2.90. The molecule has 0 radical (unpaired) electrons. The maximum atomic E-state index is 11.6. The minimum absolute atomic E-state index is 0.858. The van der Waals surface area contributed by atoms with Gasteiger partial charge in [-0.25, -0.2) is 8.78 Å². The average Bonchev–Trinajstić information content (AvgIpc) is 1.64. The fraction of sp³-hybridized carbons (Fsp3) is 0.500. The zero-order valence-corrected chi connectivity index (χ0v) is 4.85. The van der Waals surface area contributed by atoms with Crippen molar-refractivity contribution in [3.05, 3.63) is 11.1 Å². The summed E-state index contributed by atoms with van der Waals surface area (Å²) in [5.74, 6) is -1.55. The maximum Gasteiger partial charge on any atom is 0.223 e. The van der Waals surface area contributed by atoms with Gasteiger partial charge in [0, 0.05) is 0 Å². The highest BCUT2D eigenvalue weighted by molar-refractivity contribution is 6.28. The number of allylic oxidation sites excluding steroid dienone is 1. The van der Waals surface area contributed by atoms with Gasteiger partial charge in [-0.15, -0.1) is 0 Å². The van der Waals surface area contributed by atoms with Crippen LogP contribution in [-0.2, 0) is 0 Å². The van der Waals surface area contributed by atoms with Gasteiger partial charge in [-0.1, -0.05) is 0 Å².